The van der Waals surface area contributed by atoms with Crippen LogP contribution in [-0.4, -0.2) is 89.0 Å². The van der Waals surface area contributed by atoms with Crippen LogP contribution < -0.4 is 15.1 Å². The van der Waals surface area contributed by atoms with Gasteiger partial charge in [-0.3, -0.25) is 9.59 Å². The molecule has 0 aromatic heterocycles. The third-order valence-electron chi connectivity index (χ3n) is 6.34. The highest BCUT2D eigenvalue weighted by Gasteiger charge is 2.30. The van der Waals surface area contributed by atoms with Gasteiger partial charge in [-0.25, -0.2) is 0 Å². The standard InChI is InChI=1S/C27H39N3O7.C2H6/c1-5-21(34)13-28-27(37)24-17(2)25(29(11-12-31)23(36)16-33)19(4)26(18(24)3)30(14-22(35)15-32)20-9-7-6-8-10-20;1-2/h6-10,21-22,31-35H,5,11-16H2,1-4H3,(H,28,37);1-2H3. The number of anilines is 3. The Morgan fingerprint density at radius 2 is 1.49 bits per heavy atom. The fourth-order valence-electron chi connectivity index (χ4n) is 4.54. The maximum absolute atomic E-state index is 13.4. The number of rotatable bonds is 13. The van der Waals surface area contributed by atoms with Crippen LogP contribution in [0.2, 0.25) is 0 Å². The predicted molar refractivity (Wildman–Crippen MR) is 154 cm³/mol. The van der Waals surface area contributed by atoms with Gasteiger partial charge in [-0.1, -0.05) is 39.0 Å². The van der Waals surface area contributed by atoms with Gasteiger partial charge in [0, 0.05) is 30.0 Å². The summed E-state index contributed by atoms with van der Waals surface area (Å²) in [5.74, 6) is -1.11. The maximum atomic E-state index is 13.4. The summed E-state index contributed by atoms with van der Waals surface area (Å²) in [5.41, 5.74) is 3.47. The molecule has 0 saturated carbocycles. The van der Waals surface area contributed by atoms with E-state index in [1.54, 1.807) is 32.6 Å². The molecule has 0 saturated heterocycles. The second-order valence-electron chi connectivity index (χ2n) is 8.93. The van der Waals surface area contributed by atoms with Crippen LogP contribution in [0.3, 0.4) is 0 Å². The van der Waals surface area contributed by atoms with Gasteiger partial charge in [0.15, 0.2) is 0 Å². The van der Waals surface area contributed by atoms with Crippen molar-refractivity contribution < 1.29 is 35.1 Å². The highest BCUT2D eigenvalue weighted by Crippen LogP contribution is 2.42. The average molecular weight is 548 g/mol. The van der Waals surface area contributed by atoms with Crippen LogP contribution in [0.15, 0.2) is 30.3 Å². The number of amides is 2. The van der Waals surface area contributed by atoms with Crippen molar-refractivity contribution >= 4 is 28.9 Å². The van der Waals surface area contributed by atoms with E-state index in [4.69, 9.17) is 0 Å². The van der Waals surface area contributed by atoms with Crippen LogP contribution in [0.1, 0.15) is 54.2 Å². The minimum Gasteiger partial charge on any atom is -0.395 e. The van der Waals surface area contributed by atoms with Gasteiger partial charge in [-0.05, 0) is 56.0 Å². The number of nitrogens with zero attached hydrogens (tertiary/aromatic N) is 2. The molecular formula is C29H45N3O7. The molecule has 0 fully saturated rings. The van der Waals surface area contributed by atoms with Crippen LogP contribution in [-0.2, 0) is 4.79 Å². The Labute approximate surface area is 231 Å². The van der Waals surface area contributed by atoms with E-state index in [2.05, 4.69) is 5.32 Å². The molecular weight excluding hydrogens is 502 g/mol. The van der Waals surface area contributed by atoms with E-state index in [0.29, 0.717) is 40.2 Å². The number of carbonyl (C=O) groups excluding carboxylic acids is 2. The summed E-state index contributed by atoms with van der Waals surface area (Å²) in [6.45, 7) is 9.29. The average Bonchev–Trinajstić information content (AvgIpc) is 2.95. The van der Waals surface area contributed by atoms with Crippen molar-refractivity contribution in [3.8, 4) is 0 Å². The Morgan fingerprint density at radius 3 is 2.00 bits per heavy atom. The minimum atomic E-state index is -1.10. The molecule has 10 nitrogen and oxygen atoms in total. The first-order valence-corrected chi connectivity index (χ1v) is 13.4. The summed E-state index contributed by atoms with van der Waals surface area (Å²) >= 11 is 0. The molecule has 0 heterocycles. The Hall–Kier alpha value is -3.02. The Bertz CT molecular complexity index is 1060. The Morgan fingerprint density at radius 1 is 0.897 bits per heavy atom. The summed E-state index contributed by atoms with van der Waals surface area (Å²) in [5, 5.41) is 52.1. The highest BCUT2D eigenvalue weighted by molar-refractivity contribution is 6.05. The SMILES string of the molecule is CC.CCC(O)CNC(=O)c1c(C)c(N(CCO)C(=O)CO)c(C)c(N(CC(O)CO)c2ccccc2)c1C. The summed E-state index contributed by atoms with van der Waals surface area (Å²) in [4.78, 5) is 29.2. The zero-order chi connectivity index (χ0) is 29.7. The molecule has 218 valence electrons. The van der Waals surface area contributed by atoms with Crippen molar-refractivity contribution in [1.29, 1.82) is 0 Å². The van der Waals surface area contributed by atoms with E-state index in [-0.39, 0.29) is 31.8 Å². The topological polar surface area (TPSA) is 154 Å². The number of hydrogen-bond acceptors (Lipinski definition) is 8. The molecule has 0 aliphatic carbocycles. The first-order chi connectivity index (χ1) is 18.6. The molecule has 2 atom stereocenters. The van der Waals surface area contributed by atoms with Gasteiger partial charge in [0.1, 0.15) is 6.61 Å². The first-order valence-electron chi connectivity index (χ1n) is 13.4. The van der Waals surface area contributed by atoms with Crippen LogP contribution in [0.5, 0.6) is 0 Å². The lowest BCUT2D eigenvalue weighted by Crippen LogP contribution is -2.39. The molecule has 0 aliphatic heterocycles. The normalized spacial score (nSPS) is 12.2. The Kier molecular flexibility index (Phi) is 14.7. The summed E-state index contributed by atoms with van der Waals surface area (Å²) in [6.07, 6.45) is -1.37. The molecule has 0 aliphatic rings. The van der Waals surface area contributed by atoms with Crippen LogP contribution in [0.25, 0.3) is 0 Å². The quantitative estimate of drug-likeness (QED) is 0.222. The largest absolute Gasteiger partial charge is 0.395 e. The minimum absolute atomic E-state index is 0.00571. The number of aliphatic hydroxyl groups is 5. The van der Waals surface area contributed by atoms with Crippen molar-refractivity contribution in [1.82, 2.24) is 5.32 Å². The lowest BCUT2D eigenvalue weighted by molar-refractivity contribution is -0.121. The zero-order valence-corrected chi connectivity index (χ0v) is 23.9. The molecule has 2 rings (SSSR count). The van der Waals surface area contributed by atoms with Crippen molar-refractivity contribution in [3.05, 3.63) is 52.6 Å². The van der Waals surface area contributed by atoms with E-state index in [1.807, 2.05) is 44.2 Å². The van der Waals surface area contributed by atoms with E-state index in [9.17, 15) is 35.1 Å². The van der Waals surface area contributed by atoms with Crippen LogP contribution >= 0.6 is 0 Å². The fraction of sp³-hybridized carbons (Fsp3) is 0.517. The third-order valence-corrected chi connectivity index (χ3v) is 6.34. The van der Waals surface area contributed by atoms with E-state index in [0.717, 1.165) is 0 Å². The lowest BCUT2D eigenvalue weighted by Gasteiger charge is -2.35. The number of para-hydroxylation sites is 1. The first kappa shape index (κ1) is 34.0. The Balaban J connectivity index is 0.00000371. The van der Waals surface area contributed by atoms with Crippen molar-refractivity contribution in [2.75, 3.05) is 49.3 Å². The molecule has 2 aromatic carbocycles. The molecule has 10 heteroatoms. The van der Waals surface area contributed by atoms with Gasteiger partial charge in [0.05, 0.1) is 37.7 Å². The maximum Gasteiger partial charge on any atom is 0.252 e. The molecule has 0 bridgehead atoms. The number of nitrogens with one attached hydrogen (secondary N) is 1. The highest BCUT2D eigenvalue weighted by atomic mass is 16.3. The van der Waals surface area contributed by atoms with Crippen LogP contribution in [0.4, 0.5) is 17.1 Å². The molecule has 0 spiro atoms. The van der Waals surface area contributed by atoms with Gasteiger partial charge in [0.25, 0.3) is 11.8 Å². The second-order valence-corrected chi connectivity index (χ2v) is 8.93. The summed E-state index contributed by atoms with van der Waals surface area (Å²) in [7, 11) is 0. The molecule has 39 heavy (non-hydrogen) atoms. The van der Waals surface area contributed by atoms with Crippen molar-refractivity contribution in [3.63, 3.8) is 0 Å². The van der Waals surface area contributed by atoms with Gasteiger partial charge in [0.2, 0.25) is 0 Å². The second kappa shape index (κ2) is 16.8. The van der Waals surface area contributed by atoms with Gasteiger partial charge < -0.3 is 40.6 Å². The van der Waals surface area contributed by atoms with Crippen molar-refractivity contribution in [2.45, 2.75) is 60.2 Å². The monoisotopic (exact) mass is 547 g/mol. The van der Waals surface area contributed by atoms with E-state index in [1.165, 1.54) is 4.90 Å². The van der Waals surface area contributed by atoms with Gasteiger partial charge in [-0.15, -0.1) is 0 Å². The molecule has 2 unspecified atom stereocenters. The fourth-order valence-corrected chi connectivity index (χ4v) is 4.54. The van der Waals surface area contributed by atoms with E-state index < -0.39 is 37.2 Å². The molecule has 2 aromatic rings. The molecule has 2 amide bonds. The zero-order valence-electron chi connectivity index (χ0n) is 23.9. The van der Waals surface area contributed by atoms with Gasteiger partial charge >= 0.3 is 0 Å². The lowest BCUT2D eigenvalue weighted by atomic mass is 9.92. The van der Waals surface area contributed by atoms with E-state index >= 15 is 0 Å². The third kappa shape index (κ3) is 8.48. The molecule has 6 N–H and O–H groups in total. The number of hydrogen-bond donors (Lipinski definition) is 6. The summed E-state index contributed by atoms with van der Waals surface area (Å²) < 4.78 is 0. The predicted octanol–water partition coefficient (Wildman–Crippen LogP) is 1.95. The smallest absolute Gasteiger partial charge is 0.252 e. The number of benzene rings is 2. The van der Waals surface area contributed by atoms with Crippen LogP contribution in [0, 0.1) is 20.8 Å². The number of aliphatic hydroxyl groups excluding tert-OH is 5. The summed E-state index contributed by atoms with van der Waals surface area (Å²) in [6, 6.07) is 9.13. The van der Waals surface area contributed by atoms with Crippen molar-refractivity contribution in [2.24, 2.45) is 0 Å². The molecule has 0 radical (unpaired) electrons. The number of carbonyl (C=O) groups is 2. The van der Waals surface area contributed by atoms with Gasteiger partial charge in [-0.2, -0.15) is 0 Å².